The topological polar surface area (TPSA) is 52.6 Å². The standard InChI is InChI=1S/C17H26N2O2/c1-2-14-7-3-4-9-16(14)17(21)18-10-6-12-19-11-5-8-15(20)13-19/h3-4,7,9,15,20H,2,5-6,8,10-13H2,1H3,(H,18,21). The Kier molecular flexibility index (Phi) is 6.21. The van der Waals surface area contributed by atoms with Gasteiger partial charge in [0, 0.05) is 18.7 Å². The van der Waals surface area contributed by atoms with E-state index in [1.54, 1.807) is 0 Å². The molecule has 4 nitrogen and oxygen atoms in total. The van der Waals surface area contributed by atoms with Gasteiger partial charge in [-0.05, 0) is 50.4 Å². The lowest BCUT2D eigenvalue weighted by molar-refractivity contribution is 0.0697. The Morgan fingerprint density at radius 3 is 3.00 bits per heavy atom. The molecule has 0 aliphatic carbocycles. The summed E-state index contributed by atoms with van der Waals surface area (Å²) in [5, 5.41) is 12.6. The number of piperidine rings is 1. The van der Waals surface area contributed by atoms with Crippen LogP contribution in [0.3, 0.4) is 0 Å². The fourth-order valence-electron chi connectivity index (χ4n) is 2.88. The predicted octanol–water partition coefficient (Wildman–Crippen LogP) is 1.83. The Morgan fingerprint density at radius 1 is 1.43 bits per heavy atom. The van der Waals surface area contributed by atoms with Crippen LogP contribution in [0, 0.1) is 0 Å². The van der Waals surface area contributed by atoms with Crippen LogP contribution >= 0.6 is 0 Å². The number of nitrogens with one attached hydrogen (secondary N) is 1. The minimum absolute atomic E-state index is 0.0196. The molecule has 1 unspecified atom stereocenters. The van der Waals surface area contributed by atoms with E-state index in [-0.39, 0.29) is 12.0 Å². The molecule has 1 aliphatic heterocycles. The predicted molar refractivity (Wildman–Crippen MR) is 84.5 cm³/mol. The summed E-state index contributed by atoms with van der Waals surface area (Å²) < 4.78 is 0. The van der Waals surface area contributed by atoms with E-state index in [4.69, 9.17) is 0 Å². The summed E-state index contributed by atoms with van der Waals surface area (Å²) in [6, 6.07) is 7.76. The normalized spacial score (nSPS) is 19.4. The Labute approximate surface area is 127 Å². The molecular formula is C17H26N2O2. The number of carbonyl (C=O) groups is 1. The molecule has 0 spiro atoms. The summed E-state index contributed by atoms with van der Waals surface area (Å²) in [4.78, 5) is 14.4. The quantitative estimate of drug-likeness (QED) is 0.786. The number of hydrogen-bond acceptors (Lipinski definition) is 3. The van der Waals surface area contributed by atoms with Crippen LogP contribution in [0.25, 0.3) is 0 Å². The highest BCUT2D eigenvalue weighted by Gasteiger charge is 2.17. The number of amides is 1. The lowest BCUT2D eigenvalue weighted by Crippen LogP contribution is -2.39. The van der Waals surface area contributed by atoms with Crippen LogP contribution in [0.4, 0.5) is 0 Å². The maximum absolute atomic E-state index is 12.2. The van der Waals surface area contributed by atoms with Crippen molar-refractivity contribution in [3.05, 3.63) is 35.4 Å². The number of likely N-dealkylation sites (tertiary alicyclic amines) is 1. The average molecular weight is 290 g/mol. The van der Waals surface area contributed by atoms with Crippen molar-refractivity contribution in [1.82, 2.24) is 10.2 Å². The monoisotopic (exact) mass is 290 g/mol. The average Bonchev–Trinajstić information content (AvgIpc) is 2.51. The first-order valence-corrected chi connectivity index (χ1v) is 7.97. The van der Waals surface area contributed by atoms with Crippen molar-refractivity contribution in [2.24, 2.45) is 0 Å². The van der Waals surface area contributed by atoms with Crippen molar-refractivity contribution < 1.29 is 9.90 Å². The number of rotatable bonds is 6. The minimum atomic E-state index is -0.176. The van der Waals surface area contributed by atoms with Gasteiger partial charge >= 0.3 is 0 Å². The molecule has 0 radical (unpaired) electrons. The highest BCUT2D eigenvalue weighted by atomic mass is 16.3. The third-order valence-corrected chi connectivity index (χ3v) is 4.06. The summed E-state index contributed by atoms with van der Waals surface area (Å²) >= 11 is 0. The van der Waals surface area contributed by atoms with Crippen molar-refractivity contribution in [1.29, 1.82) is 0 Å². The number of hydrogen-bond donors (Lipinski definition) is 2. The third kappa shape index (κ3) is 4.83. The molecule has 4 heteroatoms. The lowest BCUT2D eigenvalue weighted by atomic mass is 10.0. The molecule has 1 saturated heterocycles. The van der Waals surface area contributed by atoms with Crippen molar-refractivity contribution >= 4 is 5.91 Å². The minimum Gasteiger partial charge on any atom is -0.392 e. The number of aliphatic hydroxyl groups is 1. The van der Waals surface area contributed by atoms with Gasteiger partial charge in [-0.25, -0.2) is 0 Å². The summed E-state index contributed by atoms with van der Waals surface area (Å²) in [5.41, 5.74) is 1.88. The van der Waals surface area contributed by atoms with Crippen LogP contribution in [0.2, 0.25) is 0 Å². The van der Waals surface area contributed by atoms with Gasteiger partial charge in [-0.1, -0.05) is 25.1 Å². The van der Waals surface area contributed by atoms with Crippen LogP contribution in [0.1, 0.15) is 42.1 Å². The zero-order chi connectivity index (χ0) is 15.1. The van der Waals surface area contributed by atoms with Crippen LogP contribution in [-0.4, -0.2) is 48.2 Å². The van der Waals surface area contributed by atoms with E-state index in [0.717, 1.165) is 56.4 Å². The molecule has 1 fully saturated rings. The first-order valence-electron chi connectivity index (χ1n) is 7.97. The lowest BCUT2D eigenvalue weighted by Gasteiger charge is -2.29. The molecule has 1 amide bonds. The second kappa shape index (κ2) is 8.15. The number of aryl methyl sites for hydroxylation is 1. The molecule has 1 heterocycles. The SMILES string of the molecule is CCc1ccccc1C(=O)NCCCN1CCCC(O)C1. The van der Waals surface area contributed by atoms with Gasteiger partial charge in [-0.15, -0.1) is 0 Å². The molecule has 1 aromatic rings. The maximum Gasteiger partial charge on any atom is 0.251 e. The molecule has 0 aromatic heterocycles. The van der Waals surface area contributed by atoms with E-state index >= 15 is 0 Å². The summed E-state index contributed by atoms with van der Waals surface area (Å²) in [5.74, 6) is 0.0196. The number of β-amino-alcohol motifs (C(OH)–C–C–N with tert-alkyl or cyclic N) is 1. The van der Waals surface area contributed by atoms with E-state index in [2.05, 4.69) is 17.1 Å². The van der Waals surface area contributed by atoms with Gasteiger partial charge in [-0.2, -0.15) is 0 Å². The van der Waals surface area contributed by atoms with Crippen LogP contribution in [-0.2, 0) is 6.42 Å². The second-order valence-corrected chi connectivity index (χ2v) is 5.72. The highest BCUT2D eigenvalue weighted by molar-refractivity contribution is 5.95. The molecule has 2 rings (SSSR count). The smallest absolute Gasteiger partial charge is 0.251 e. The molecule has 0 saturated carbocycles. The van der Waals surface area contributed by atoms with Crippen molar-refractivity contribution in [2.75, 3.05) is 26.2 Å². The van der Waals surface area contributed by atoms with Crippen molar-refractivity contribution in [3.8, 4) is 0 Å². The van der Waals surface area contributed by atoms with Gasteiger partial charge in [0.2, 0.25) is 0 Å². The Bertz CT molecular complexity index is 462. The van der Waals surface area contributed by atoms with Crippen LogP contribution < -0.4 is 5.32 Å². The van der Waals surface area contributed by atoms with Crippen LogP contribution in [0.5, 0.6) is 0 Å². The number of carbonyl (C=O) groups excluding carboxylic acids is 1. The Hall–Kier alpha value is -1.39. The number of nitrogens with zero attached hydrogens (tertiary/aromatic N) is 1. The molecule has 1 atom stereocenters. The summed E-state index contributed by atoms with van der Waals surface area (Å²) in [6.07, 6.45) is 3.60. The molecule has 0 bridgehead atoms. The fourth-order valence-corrected chi connectivity index (χ4v) is 2.88. The fraction of sp³-hybridized carbons (Fsp3) is 0.588. The summed E-state index contributed by atoms with van der Waals surface area (Å²) in [6.45, 7) is 5.51. The third-order valence-electron chi connectivity index (χ3n) is 4.06. The van der Waals surface area contributed by atoms with E-state index in [0.29, 0.717) is 6.54 Å². The van der Waals surface area contributed by atoms with Gasteiger partial charge in [0.1, 0.15) is 0 Å². The molecule has 116 valence electrons. The van der Waals surface area contributed by atoms with Gasteiger partial charge in [-0.3, -0.25) is 4.79 Å². The zero-order valence-electron chi connectivity index (χ0n) is 12.8. The highest BCUT2D eigenvalue weighted by Crippen LogP contribution is 2.10. The van der Waals surface area contributed by atoms with E-state index in [1.165, 1.54) is 0 Å². The Balaban J connectivity index is 1.72. The molecule has 1 aliphatic rings. The molecule has 1 aromatic carbocycles. The van der Waals surface area contributed by atoms with E-state index < -0.39 is 0 Å². The van der Waals surface area contributed by atoms with Gasteiger partial charge in [0.15, 0.2) is 0 Å². The first kappa shape index (κ1) is 16.0. The zero-order valence-corrected chi connectivity index (χ0v) is 12.8. The van der Waals surface area contributed by atoms with Gasteiger partial charge in [0.05, 0.1) is 6.10 Å². The van der Waals surface area contributed by atoms with E-state index in [9.17, 15) is 9.90 Å². The van der Waals surface area contributed by atoms with E-state index in [1.807, 2.05) is 24.3 Å². The van der Waals surface area contributed by atoms with Crippen LogP contribution in [0.15, 0.2) is 24.3 Å². The molecule has 21 heavy (non-hydrogen) atoms. The second-order valence-electron chi connectivity index (χ2n) is 5.72. The number of benzene rings is 1. The molecule has 2 N–H and O–H groups in total. The van der Waals surface area contributed by atoms with Crippen molar-refractivity contribution in [3.63, 3.8) is 0 Å². The Morgan fingerprint density at radius 2 is 2.24 bits per heavy atom. The summed E-state index contributed by atoms with van der Waals surface area (Å²) in [7, 11) is 0. The van der Waals surface area contributed by atoms with Crippen molar-refractivity contribution in [2.45, 2.75) is 38.7 Å². The largest absolute Gasteiger partial charge is 0.392 e. The van der Waals surface area contributed by atoms with Gasteiger partial charge in [0.25, 0.3) is 5.91 Å². The number of aliphatic hydroxyl groups excluding tert-OH is 1. The molecular weight excluding hydrogens is 264 g/mol. The first-order chi connectivity index (χ1) is 10.2. The maximum atomic E-state index is 12.2. The van der Waals surface area contributed by atoms with Gasteiger partial charge < -0.3 is 15.3 Å².